The van der Waals surface area contributed by atoms with E-state index in [1.54, 1.807) is 18.5 Å². The molecule has 1 fully saturated rings. The topological polar surface area (TPSA) is 83.9 Å². The van der Waals surface area contributed by atoms with Gasteiger partial charge in [-0.3, -0.25) is 4.79 Å². The van der Waals surface area contributed by atoms with Gasteiger partial charge in [0, 0.05) is 43.4 Å². The summed E-state index contributed by atoms with van der Waals surface area (Å²) in [6.07, 6.45) is 5.39. The minimum Gasteiger partial charge on any atom is -0.342 e. The molecular formula is C18H24N6O. The molecule has 0 spiro atoms. The molecule has 1 saturated heterocycles. The Bertz CT molecular complexity index is 734. The van der Waals surface area contributed by atoms with E-state index in [0.717, 1.165) is 31.6 Å². The van der Waals surface area contributed by atoms with Gasteiger partial charge in [0.1, 0.15) is 11.6 Å². The van der Waals surface area contributed by atoms with Gasteiger partial charge in [-0.25, -0.2) is 19.9 Å². The number of anilines is 2. The molecule has 1 aliphatic rings. The van der Waals surface area contributed by atoms with Crippen LogP contribution in [0.5, 0.6) is 0 Å². The second kappa shape index (κ2) is 7.55. The van der Waals surface area contributed by atoms with Crippen LogP contribution in [0.25, 0.3) is 0 Å². The lowest BCUT2D eigenvalue weighted by Crippen LogP contribution is -2.41. The van der Waals surface area contributed by atoms with Crippen LogP contribution in [0.4, 0.5) is 11.8 Å². The molecule has 3 rings (SSSR count). The highest BCUT2D eigenvalue weighted by atomic mass is 16.2. The molecule has 0 unspecified atom stereocenters. The van der Waals surface area contributed by atoms with Gasteiger partial charge in [-0.15, -0.1) is 0 Å². The number of nitrogens with zero attached hydrogens (tertiary/aromatic N) is 5. The lowest BCUT2D eigenvalue weighted by molar-refractivity contribution is -0.135. The monoisotopic (exact) mass is 340 g/mol. The summed E-state index contributed by atoms with van der Waals surface area (Å²) in [7, 11) is 0. The first-order chi connectivity index (χ1) is 12.0. The molecule has 1 aliphatic heterocycles. The number of carbonyl (C=O) groups is 1. The van der Waals surface area contributed by atoms with Crippen molar-refractivity contribution >= 4 is 17.7 Å². The van der Waals surface area contributed by atoms with Crippen LogP contribution in [0.1, 0.15) is 44.1 Å². The maximum atomic E-state index is 12.3. The summed E-state index contributed by atoms with van der Waals surface area (Å²) in [4.78, 5) is 31.6. The summed E-state index contributed by atoms with van der Waals surface area (Å²) in [5.74, 6) is 2.36. The SMILES string of the molecule is Cc1nc(Nc2ncccn2)cc([C@H]2CCCN(C(=O)C(C)C)C2)n1. The van der Waals surface area contributed by atoms with Crippen molar-refractivity contribution in [3.05, 3.63) is 36.0 Å². The fourth-order valence-corrected chi connectivity index (χ4v) is 3.13. The van der Waals surface area contributed by atoms with Gasteiger partial charge in [0.05, 0.1) is 5.69 Å². The van der Waals surface area contributed by atoms with Crippen molar-refractivity contribution < 1.29 is 4.79 Å². The van der Waals surface area contributed by atoms with Gasteiger partial charge >= 0.3 is 0 Å². The van der Waals surface area contributed by atoms with E-state index < -0.39 is 0 Å². The van der Waals surface area contributed by atoms with Gasteiger partial charge < -0.3 is 10.2 Å². The highest BCUT2D eigenvalue weighted by Gasteiger charge is 2.27. The molecule has 2 aromatic heterocycles. The Labute approximate surface area is 147 Å². The van der Waals surface area contributed by atoms with E-state index in [1.807, 2.05) is 31.7 Å². The van der Waals surface area contributed by atoms with Gasteiger partial charge in [-0.1, -0.05) is 13.8 Å². The van der Waals surface area contributed by atoms with Crippen LogP contribution in [-0.2, 0) is 4.79 Å². The molecule has 7 heteroatoms. The predicted molar refractivity (Wildman–Crippen MR) is 95.5 cm³/mol. The summed E-state index contributed by atoms with van der Waals surface area (Å²) in [6.45, 7) is 7.32. The Hall–Kier alpha value is -2.57. The van der Waals surface area contributed by atoms with E-state index in [0.29, 0.717) is 17.6 Å². The Morgan fingerprint density at radius 2 is 2.04 bits per heavy atom. The van der Waals surface area contributed by atoms with E-state index in [1.165, 1.54) is 0 Å². The lowest BCUT2D eigenvalue weighted by atomic mass is 9.93. The fraction of sp³-hybridized carbons (Fsp3) is 0.500. The zero-order chi connectivity index (χ0) is 17.8. The first-order valence-electron chi connectivity index (χ1n) is 8.71. The van der Waals surface area contributed by atoms with Crippen molar-refractivity contribution in [3.63, 3.8) is 0 Å². The zero-order valence-corrected chi connectivity index (χ0v) is 14.9. The molecule has 1 N–H and O–H groups in total. The first-order valence-corrected chi connectivity index (χ1v) is 8.71. The summed E-state index contributed by atoms with van der Waals surface area (Å²) in [5.41, 5.74) is 0.965. The third-order valence-corrected chi connectivity index (χ3v) is 4.31. The van der Waals surface area contributed by atoms with Gasteiger partial charge in [-0.05, 0) is 25.8 Å². The van der Waals surface area contributed by atoms with Crippen molar-refractivity contribution in [2.75, 3.05) is 18.4 Å². The van der Waals surface area contributed by atoms with Crippen LogP contribution in [0, 0.1) is 12.8 Å². The molecule has 0 saturated carbocycles. The number of piperidine rings is 1. The molecule has 0 radical (unpaired) electrons. The second-order valence-corrected chi connectivity index (χ2v) is 6.70. The van der Waals surface area contributed by atoms with Crippen molar-refractivity contribution in [2.24, 2.45) is 5.92 Å². The van der Waals surface area contributed by atoms with Gasteiger partial charge in [-0.2, -0.15) is 0 Å². The summed E-state index contributed by atoms with van der Waals surface area (Å²) in [5, 5.41) is 3.12. The average Bonchev–Trinajstić information content (AvgIpc) is 2.61. The average molecular weight is 340 g/mol. The van der Waals surface area contributed by atoms with E-state index >= 15 is 0 Å². The first kappa shape index (κ1) is 17.3. The molecule has 0 aromatic carbocycles. The Morgan fingerprint density at radius 3 is 2.76 bits per heavy atom. The van der Waals surface area contributed by atoms with E-state index in [4.69, 9.17) is 0 Å². The fourth-order valence-electron chi connectivity index (χ4n) is 3.13. The third kappa shape index (κ3) is 4.29. The molecule has 1 atom stereocenters. The quantitative estimate of drug-likeness (QED) is 0.921. The standard InChI is InChI=1S/C18H24N6O/c1-12(2)17(25)24-9-4-6-14(11-24)15-10-16(22-13(3)21-15)23-18-19-7-5-8-20-18/h5,7-8,10,12,14H,4,6,9,11H2,1-3H3,(H,19,20,21,22,23)/t14-/m0/s1. The molecule has 0 aliphatic carbocycles. The lowest BCUT2D eigenvalue weighted by Gasteiger charge is -2.33. The summed E-state index contributed by atoms with van der Waals surface area (Å²) < 4.78 is 0. The zero-order valence-electron chi connectivity index (χ0n) is 14.9. The Kier molecular flexibility index (Phi) is 5.21. The van der Waals surface area contributed by atoms with Crippen LogP contribution in [0.2, 0.25) is 0 Å². The number of carbonyl (C=O) groups excluding carboxylic acids is 1. The normalized spacial score (nSPS) is 17.6. The maximum Gasteiger partial charge on any atom is 0.228 e. The van der Waals surface area contributed by atoms with Gasteiger partial charge in [0.25, 0.3) is 0 Å². The highest BCUT2D eigenvalue weighted by molar-refractivity contribution is 5.78. The number of likely N-dealkylation sites (tertiary alicyclic amines) is 1. The highest BCUT2D eigenvalue weighted by Crippen LogP contribution is 2.28. The maximum absolute atomic E-state index is 12.3. The molecule has 3 heterocycles. The molecular weight excluding hydrogens is 316 g/mol. The molecule has 1 amide bonds. The number of aromatic nitrogens is 4. The third-order valence-electron chi connectivity index (χ3n) is 4.31. The second-order valence-electron chi connectivity index (χ2n) is 6.70. The number of rotatable bonds is 4. The van der Waals surface area contributed by atoms with Crippen molar-refractivity contribution in [3.8, 4) is 0 Å². The summed E-state index contributed by atoms with van der Waals surface area (Å²) in [6, 6.07) is 3.71. The summed E-state index contributed by atoms with van der Waals surface area (Å²) >= 11 is 0. The van der Waals surface area contributed by atoms with Crippen LogP contribution < -0.4 is 5.32 Å². The van der Waals surface area contributed by atoms with Crippen molar-refractivity contribution in [1.82, 2.24) is 24.8 Å². The molecule has 132 valence electrons. The molecule has 2 aromatic rings. The van der Waals surface area contributed by atoms with Crippen LogP contribution in [-0.4, -0.2) is 43.8 Å². The number of aryl methyl sites for hydroxylation is 1. The number of nitrogens with one attached hydrogen (secondary N) is 1. The molecule has 7 nitrogen and oxygen atoms in total. The number of amides is 1. The Balaban J connectivity index is 1.78. The van der Waals surface area contributed by atoms with Crippen LogP contribution in [0.3, 0.4) is 0 Å². The number of hydrogen-bond donors (Lipinski definition) is 1. The molecule has 0 bridgehead atoms. The smallest absolute Gasteiger partial charge is 0.228 e. The largest absolute Gasteiger partial charge is 0.342 e. The van der Waals surface area contributed by atoms with E-state index in [-0.39, 0.29) is 17.7 Å². The van der Waals surface area contributed by atoms with E-state index in [2.05, 4.69) is 25.3 Å². The van der Waals surface area contributed by atoms with Crippen LogP contribution in [0.15, 0.2) is 24.5 Å². The predicted octanol–water partition coefficient (Wildman–Crippen LogP) is 2.68. The van der Waals surface area contributed by atoms with Gasteiger partial charge in [0.2, 0.25) is 11.9 Å². The van der Waals surface area contributed by atoms with Crippen LogP contribution >= 0.6 is 0 Å². The van der Waals surface area contributed by atoms with E-state index in [9.17, 15) is 4.79 Å². The minimum absolute atomic E-state index is 0.0262. The van der Waals surface area contributed by atoms with Crippen molar-refractivity contribution in [1.29, 1.82) is 0 Å². The molecule has 25 heavy (non-hydrogen) atoms. The minimum atomic E-state index is 0.0262. The Morgan fingerprint density at radius 1 is 1.28 bits per heavy atom. The van der Waals surface area contributed by atoms with Crippen molar-refractivity contribution in [2.45, 2.75) is 39.5 Å². The van der Waals surface area contributed by atoms with Gasteiger partial charge in [0.15, 0.2) is 0 Å². The number of hydrogen-bond acceptors (Lipinski definition) is 6.